The molecule has 6 N–H and O–H groups in total. The number of aliphatic carboxylic acids is 1. The van der Waals surface area contributed by atoms with E-state index in [1.807, 2.05) is 0 Å². The van der Waals surface area contributed by atoms with Crippen LogP contribution in [0.3, 0.4) is 0 Å². The number of rotatable bonds is 9. The van der Waals surface area contributed by atoms with Crippen LogP contribution in [0.5, 0.6) is 0 Å². The molecule has 0 aromatic carbocycles. The Morgan fingerprint density at radius 2 is 1.07 bits per heavy atom. The van der Waals surface area contributed by atoms with Gasteiger partial charge in [0.05, 0.1) is 30.5 Å². The predicted molar refractivity (Wildman–Crippen MR) is 223 cm³/mol. The van der Waals surface area contributed by atoms with Crippen LogP contribution in [0.4, 0.5) is 0 Å². The molecular formula is C48H79NaO9. The molecule has 0 aliphatic heterocycles. The summed E-state index contributed by atoms with van der Waals surface area (Å²) >= 11 is 0. The Morgan fingerprint density at radius 3 is 1.57 bits per heavy atom. The van der Waals surface area contributed by atoms with E-state index < -0.39 is 30.4 Å². The second kappa shape index (κ2) is 16.7. The summed E-state index contributed by atoms with van der Waals surface area (Å²) in [7, 11) is 0. The van der Waals surface area contributed by atoms with Crippen LogP contribution in [0.25, 0.3) is 0 Å². The monoisotopic (exact) mass is 823 g/mol. The van der Waals surface area contributed by atoms with Crippen LogP contribution in [0.2, 0.25) is 0 Å². The molecule has 8 aliphatic carbocycles. The Bertz CT molecular complexity index is 1510. The first-order valence-electron chi connectivity index (χ1n) is 23.6. The fraction of sp³-hybridized carbons (Fsp3) is 0.958. The average Bonchev–Trinajstić information content (AvgIpc) is 3.70. The molecule has 326 valence electrons. The number of esters is 1. The molecule has 22 atom stereocenters. The molecule has 9 nitrogen and oxygen atoms in total. The van der Waals surface area contributed by atoms with Crippen LogP contribution in [0.15, 0.2) is 0 Å². The molecule has 0 saturated heterocycles. The second-order valence-corrected chi connectivity index (χ2v) is 22.9. The number of carbonyl (C=O) groups is 2. The van der Waals surface area contributed by atoms with Gasteiger partial charge in [-0.1, -0.05) is 41.5 Å². The fourth-order valence-electron chi connectivity index (χ4n) is 17.7. The van der Waals surface area contributed by atoms with Gasteiger partial charge in [0.1, 0.15) is 6.10 Å². The van der Waals surface area contributed by atoms with Gasteiger partial charge < -0.3 is 35.4 Å². The van der Waals surface area contributed by atoms with Gasteiger partial charge in [0.25, 0.3) is 0 Å². The van der Waals surface area contributed by atoms with Crippen LogP contribution >= 0.6 is 0 Å². The zero-order chi connectivity index (χ0) is 41.0. The zero-order valence-electron chi connectivity index (χ0n) is 36.0. The van der Waals surface area contributed by atoms with Gasteiger partial charge in [-0.3, -0.25) is 9.59 Å². The van der Waals surface area contributed by atoms with E-state index in [0.29, 0.717) is 38.0 Å². The minimum absolute atomic E-state index is 0. The number of hydrogen-bond donors (Lipinski definition) is 6. The molecule has 0 radical (unpaired) electrons. The van der Waals surface area contributed by atoms with E-state index in [1.54, 1.807) is 0 Å². The molecule has 0 aromatic rings. The Hall–Kier alpha value is -0.260. The van der Waals surface area contributed by atoms with Gasteiger partial charge in [0.15, 0.2) is 0 Å². The minimum atomic E-state index is -0.769. The van der Waals surface area contributed by atoms with E-state index in [9.17, 15) is 40.2 Å². The van der Waals surface area contributed by atoms with Crippen LogP contribution in [0.1, 0.15) is 157 Å². The van der Waals surface area contributed by atoms with Gasteiger partial charge in [0, 0.05) is 12.8 Å². The molecule has 8 aliphatic rings. The summed E-state index contributed by atoms with van der Waals surface area (Å²) in [5.74, 6) is 1.86. The first-order chi connectivity index (χ1) is 26.8. The zero-order valence-corrected chi connectivity index (χ0v) is 36.0. The molecule has 0 aromatic heterocycles. The number of carboxylic acids is 1. The van der Waals surface area contributed by atoms with Gasteiger partial charge in [-0.25, -0.2) is 0 Å². The summed E-state index contributed by atoms with van der Waals surface area (Å²) in [6.07, 6.45) is 11.5. The van der Waals surface area contributed by atoms with E-state index in [4.69, 9.17) is 4.74 Å². The van der Waals surface area contributed by atoms with Crippen LogP contribution in [-0.2, 0) is 14.3 Å². The van der Waals surface area contributed by atoms with Crippen molar-refractivity contribution < 1.29 is 45.0 Å². The summed E-state index contributed by atoms with van der Waals surface area (Å²) in [5, 5.41) is 67.3. The van der Waals surface area contributed by atoms with Crippen molar-refractivity contribution in [2.45, 2.75) is 194 Å². The van der Waals surface area contributed by atoms with Gasteiger partial charge in [0.2, 0.25) is 0 Å². The molecule has 0 spiro atoms. The average molecular weight is 823 g/mol. The molecule has 8 saturated carbocycles. The van der Waals surface area contributed by atoms with E-state index in [-0.39, 0.29) is 141 Å². The number of fused-ring (bicyclic) bond motifs is 10. The standard InChI is InChI=1S/C48H78O9.Na.H/c1-25(7-13-41(54)55)31-9-11-34-44-36(24-40(53)47(31,34)5)46(4)18-16-30(20-28(46)22-38(44)51)57-42(56)14-8-26(2)32-10-12-33-43-35(23-39(52)48(32,33)6)45(3)17-15-29(49)19-27(45)21-37(43)50;;/h25-40,43-44,49-53H,7-24H2,1-6H3,(H,54,55);;/t25-,26-,27+,28+,29-,30-,31-,32-,33+,34+,35+,36+,37-,38-,39+,40+,43+,44+,45+,46+,47-,48-;;/m1../s1. The number of carbonyl (C=O) groups excluding carboxylic acids is 1. The third-order valence-corrected chi connectivity index (χ3v) is 20.9. The van der Waals surface area contributed by atoms with E-state index in [0.717, 1.165) is 77.0 Å². The fourth-order valence-corrected chi connectivity index (χ4v) is 17.7. The molecule has 10 heteroatoms. The molecule has 8 fully saturated rings. The van der Waals surface area contributed by atoms with Crippen LogP contribution < -0.4 is 0 Å². The molecule has 0 heterocycles. The number of ether oxygens (including phenoxy) is 1. The van der Waals surface area contributed by atoms with Crippen molar-refractivity contribution in [3.8, 4) is 0 Å². The van der Waals surface area contributed by atoms with Crippen molar-refractivity contribution in [3.63, 3.8) is 0 Å². The van der Waals surface area contributed by atoms with E-state index >= 15 is 0 Å². The number of aliphatic hydroxyl groups is 5. The van der Waals surface area contributed by atoms with Crippen LogP contribution in [-0.4, -0.2) is 109 Å². The Balaban J connectivity index is 0.00000512. The van der Waals surface area contributed by atoms with E-state index in [2.05, 4.69) is 41.5 Å². The third-order valence-electron chi connectivity index (χ3n) is 20.9. The van der Waals surface area contributed by atoms with Gasteiger partial charge >= 0.3 is 41.5 Å². The topological polar surface area (TPSA) is 165 Å². The summed E-state index contributed by atoms with van der Waals surface area (Å²) in [6, 6.07) is 0. The Labute approximate surface area is 370 Å². The first kappa shape index (κ1) is 45.8. The summed E-state index contributed by atoms with van der Waals surface area (Å²) in [5.41, 5.74) is -0.595. The van der Waals surface area contributed by atoms with Crippen molar-refractivity contribution in [2.75, 3.05) is 0 Å². The predicted octanol–water partition coefficient (Wildman–Crippen LogP) is 6.73. The summed E-state index contributed by atoms with van der Waals surface area (Å²) < 4.78 is 6.25. The van der Waals surface area contributed by atoms with Crippen molar-refractivity contribution in [3.05, 3.63) is 0 Å². The normalized spacial score (nSPS) is 52.9. The van der Waals surface area contributed by atoms with E-state index in [1.165, 1.54) is 0 Å². The maximum absolute atomic E-state index is 13.5. The Kier molecular flexibility index (Phi) is 13.2. The molecule has 8 rings (SSSR count). The second-order valence-electron chi connectivity index (χ2n) is 22.9. The Morgan fingerprint density at radius 1 is 0.603 bits per heavy atom. The number of hydrogen-bond acceptors (Lipinski definition) is 8. The SMILES string of the molecule is C[C@H](CCC(=O)O[C@@H]1CC[C@@]2(C)[C@@H](C1)C[C@@H](O)[C@@H]1[C@@H]2C[C@H](O)[C@]2(C)[C@@H]([C@H](C)CCC(=O)O)CC[C@@H]12)[C@H]1CC[C@H]2[C@@H]3[C@H](O)C[C@@H]4C[C@H](O)CC[C@]4(C)[C@H]3C[C@H](O)[C@]12C.[NaH]. The van der Waals surface area contributed by atoms with Gasteiger partial charge in [-0.15, -0.1) is 0 Å². The van der Waals surface area contributed by atoms with Crippen molar-refractivity contribution in [1.29, 1.82) is 0 Å². The molecule has 0 bridgehead atoms. The van der Waals surface area contributed by atoms with Crippen molar-refractivity contribution in [2.24, 2.45) is 92.7 Å². The van der Waals surface area contributed by atoms with Crippen molar-refractivity contribution in [1.82, 2.24) is 0 Å². The van der Waals surface area contributed by atoms with Crippen molar-refractivity contribution >= 4 is 41.5 Å². The molecule has 58 heavy (non-hydrogen) atoms. The number of aliphatic hydroxyl groups excluding tert-OH is 5. The first-order valence-corrected chi connectivity index (χ1v) is 23.6. The third kappa shape index (κ3) is 7.25. The summed E-state index contributed by atoms with van der Waals surface area (Å²) in [4.78, 5) is 24.9. The van der Waals surface area contributed by atoms with Crippen LogP contribution in [0, 0.1) is 92.7 Å². The number of carboxylic acid groups (broad SMARTS) is 1. The molecular weight excluding hydrogens is 744 g/mol. The summed E-state index contributed by atoms with van der Waals surface area (Å²) in [6.45, 7) is 13.7. The maximum atomic E-state index is 13.5. The van der Waals surface area contributed by atoms with Gasteiger partial charge in [-0.2, -0.15) is 0 Å². The quantitative estimate of drug-likeness (QED) is 0.109. The molecule has 0 amide bonds. The van der Waals surface area contributed by atoms with Gasteiger partial charge in [-0.05, 0) is 195 Å². The molecule has 0 unspecified atom stereocenters.